The molecule has 114 valence electrons. The highest BCUT2D eigenvalue weighted by atomic mass is 19.4. The summed E-state index contributed by atoms with van der Waals surface area (Å²) in [5, 5.41) is 14.6. The summed E-state index contributed by atoms with van der Waals surface area (Å²) in [5.41, 5.74) is -2.95. The summed E-state index contributed by atoms with van der Waals surface area (Å²) in [5.74, 6) is -2.34. The van der Waals surface area contributed by atoms with Crippen LogP contribution in [0.1, 0.15) is 28.6 Å². The van der Waals surface area contributed by atoms with Crippen molar-refractivity contribution in [3.63, 3.8) is 0 Å². The number of halogens is 5. The van der Waals surface area contributed by atoms with Crippen LogP contribution < -0.4 is 0 Å². The molecule has 0 aromatic carbocycles. The van der Waals surface area contributed by atoms with E-state index in [0.717, 1.165) is 12.4 Å². The first-order chi connectivity index (χ1) is 9.71. The van der Waals surface area contributed by atoms with Gasteiger partial charge >= 0.3 is 18.7 Å². The van der Waals surface area contributed by atoms with Crippen molar-refractivity contribution >= 4 is 5.97 Å². The van der Waals surface area contributed by atoms with Gasteiger partial charge < -0.3 is 5.11 Å². The van der Waals surface area contributed by atoms with Gasteiger partial charge in [-0.2, -0.15) is 22.0 Å². The summed E-state index contributed by atoms with van der Waals surface area (Å²) in [4.78, 5) is 14.2. The maximum Gasteiger partial charge on any atom is 0.435 e. The molecule has 0 amide bonds. The van der Waals surface area contributed by atoms with Gasteiger partial charge in [0.05, 0.1) is 0 Å². The van der Waals surface area contributed by atoms with Crippen molar-refractivity contribution in [1.82, 2.24) is 24.5 Å². The minimum Gasteiger partial charge on any atom is -0.476 e. The van der Waals surface area contributed by atoms with Gasteiger partial charge in [0.15, 0.2) is 5.69 Å². The van der Waals surface area contributed by atoms with Crippen LogP contribution in [-0.4, -0.2) is 35.6 Å². The maximum atomic E-state index is 12.9. The van der Waals surface area contributed by atoms with E-state index in [1.54, 1.807) is 0 Å². The Kier molecular flexibility index (Phi) is 3.61. The first kappa shape index (κ1) is 14.9. The lowest BCUT2D eigenvalue weighted by Crippen LogP contribution is -2.20. The quantitative estimate of drug-likeness (QED) is 0.867. The summed E-state index contributed by atoms with van der Waals surface area (Å²) in [7, 11) is 0. The molecule has 12 heteroatoms. The molecular weight excluding hydrogens is 305 g/mol. The molecule has 2 aromatic rings. The van der Waals surface area contributed by atoms with Crippen molar-refractivity contribution in [3.8, 4) is 0 Å². The van der Waals surface area contributed by atoms with E-state index in [1.807, 2.05) is 0 Å². The Morgan fingerprint density at radius 1 is 1.38 bits per heavy atom. The molecule has 7 nitrogen and oxygen atoms in total. The molecule has 0 radical (unpaired) electrons. The van der Waals surface area contributed by atoms with Crippen molar-refractivity contribution in [2.75, 3.05) is 0 Å². The predicted molar refractivity (Wildman–Crippen MR) is 54.6 cm³/mol. The molecule has 2 heterocycles. The van der Waals surface area contributed by atoms with Gasteiger partial charge in [0, 0.05) is 12.4 Å². The minimum absolute atomic E-state index is 0.171. The normalized spacial score (nSPS) is 12.1. The molecule has 2 aromatic heterocycles. The fourth-order valence-corrected chi connectivity index (χ4v) is 1.63. The second-order valence-electron chi connectivity index (χ2n) is 3.78. The Hall–Kier alpha value is -2.53. The number of imidazole rings is 1. The number of aromatic nitrogens is 5. The zero-order chi connectivity index (χ0) is 15.8. The van der Waals surface area contributed by atoms with Crippen LogP contribution in [-0.2, 0) is 12.7 Å². The molecule has 2 rings (SSSR count). The fraction of sp³-hybridized carbons (Fsp3) is 0.333. The second-order valence-corrected chi connectivity index (χ2v) is 3.78. The monoisotopic (exact) mass is 311 g/mol. The Morgan fingerprint density at radius 3 is 2.57 bits per heavy atom. The van der Waals surface area contributed by atoms with Crippen molar-refractivity contribution < 1.29 is 31.9 Å². The molecule has 1 N–H and O–H groups in total. The van der Waals surface area contributed by atoms with E-state index in [4.69, 9.17) is 5.11 Å². The number of carbonyl (C=O) groups is 1. The molecule has 0 atom stereocenters. The Morgan fingerprint density at radius 2 is 2.05 bits per heavy atom. The highest BCUT2D eigenvalue weighted by Crippen LogP contribution is 2.31. The maximum absolute atomic E-state index is 12.9. The fourth-order valence-electron chi connectivity index (χ4n) is 1.63. The largest absolute Gasteiger partial charge is 0.476 e. The van der Waals surface area contributed by atoms with E-state index in [0.29, 0.717) is 4.57 Å². The second kappa shape index (κ2) is 5.10. The molecule has 0 fully saturated rings. The lowest BCUT2D eigenvalue weighted by atomic mass is 10.3. The molecule has 0 aliphatic heterocycles. The average molecular weight is 311 g/mol. The van der Waals surface area contributed by atoms with Crippen LogP contribution in [0, 0.1) is 0 Å². The van der Waals surface area contributed by atoms with E-state index >= 15 is 0 Å². The summed E-state index contributed by atoms with van der Waals surface area (Å²) in [6.07, 6.45) is -3.20. The molecule has 21 heavy (non-hydrogen) atoms. The molecule has 0 saturated heterocycles. The van der Waals surface area contributed by atoms with Crippen LogP contribution in [0.2, 0.25) is 0 Å². The lowest BCUT2D eigenvalue weighted by molar-refractivity contribution is -0.144. The Bertz CT molecular complexity index is 662. The van der Waals surface area contributed by atoms with Crippen LogP contribution in [0.3, 0.4) is 0 Å². The van der Waals surface area contributed by atoms with E-state index in [1.165, 1.54) is 0 Å². The van der Waals surface area contributed by atoms with Gasteiger partial charge in [-0.15, -0.1) is 5.10 Å². The number of carboxylic acids is 1. The third-order valence-corrected chi connectivity index (χ3v) is 2.46. The third-order valence-electron chi connectivity index (χ3n) is 2.46. The first-order valence-corrected chi connectivity index (χ1v) is 5.25. The standard InChI is InChI=1S/C9H6F5N5O2/c10-8(11)18-2-1-15-4(18)3-19-6(9(12,13)14)5(7(20)21)16-17-19/h1-2,8H,3H2,(H,20,21). The van der Waals surface area contributed by atoms with Crippen molar-refractivity contribution in [2.45, 2.75) is 19.3 Å². The van der Waals surface area contributed by atoms with Crippen LogP contribution in [0.15, 0.2) is 12.4 Å². The molecule has 0 aliphatic carbocycles. The third kappa shape index (κ3) is 2.83. The molecule has 0 bridgehead atoms. The summed E-state index contributed by atoms with van der Waals surface area (Å²) < 4.78 is 64.2. The minimum atomic E-state index is -5.06. The molecule has 0 saturated carbocycles. The van der Waals surface area contributed by atoms with Crippen LogP contribution in [0.5, 0.6) is 0 Å². The van der Waals surface area contributed by atoms with Crippen molar-refractivity contribution in [1.29, 1.82) is 0 Å². The SMILES string of the molecule is O=C(O)c1nnn(Cc2nccn2C(F)F)c1C(F)(F)F. The van der Waals surface area contributed by atoms with Crippen LogP contribution in [0.25, 0.3) is 0 Å². The number of rotatable bonds is 4. The Balaban J connectivity index is 2.46. The summed E-state index contributed by atoms with van der Waals surface area (Å²) in [6, 6.07) is 0. The van der Waals surface area contributed by atoms with E-state index in [9.17, 15) is 26.7 Å². The van der Waals surface area contributed by atoms with Gasteiger partial charge in [0.1, 0.15) is 12.4 Å². The van der Waals surface area contributed by atoms with Gasteiger partial charge in [-0.25, -0.2) is 14.5 Å². The van der Waals surface area contributed by atoms with Gasteiger partial charge in [-0.05, 0) is 0 Å². The van der Waals surface area contributed by atoms with Crippen LogP contribution >= 0.6 is 0 Å². The molecular formula is C9H6F5N5O2. The number of alkyl halides is 5. The number of nitrogens with zero attached hydrogens (tertiary/aromatic N) is 5. The van der Waals surface area contributed by atoms with Crippen molar-refractivity contribution in [2.24, 2.45) is 0 Å². The molecule has 0 spiro atoms. The van der Waals surface area contributed by atoms with E-state index < -0.39 is 42.5 Å². The lowest BCUT2D eigenvalue weighted by Gasteiger charge is -2.11. The van der Waals surface area contributed by atoms with Gasteiger partial charge in [-0.3, -0.25) is 4.57 Å². The molecule has 0 aliphatic rings. The Labute approximate surface area is 112 Å². The van der Waals surface area contributed by atoms with Gasteiger partial charge in [-0.1, -0.05) is 5.21 Å². The highest BCUT2D eigenvalue weighted by molar-refractivity contribution is 5.86. The van der Waals surface area contributed by atoms with E-state index in [2.05, 4.69) is 15.3 Å². The molecule has 0 unspecified atom stereocenters. The number of hydrogen-bond acceptors (Lipinski definition) is 4. The average Bonchev–Trinajstić information content (AvgIpc) is 2.94. The van der Waals surface area contributed by atoms with Crippen LogP contribution in [0.4, 0.5) is 22.0 Å². The summed E-state index contributed by atoms with van der Waals surface area (Å²) >= 11 is 0. The zero-order valence-corrected chi connectivity index (χ0v) is 9.92. The zero-order valence-electron chi connectivity index (χ0n) is 9.92. The van der Waals surface area contributed by atoms with Crippen molar-refractivity contribution in [3.05, 3.63) is 29.6 Å². The predicted octanol–water partition coefficient (Wildman–Crippen LogP) is 1.63. The topological polar surface area (TPSA) is 85.8 Å². The number of aromatic carboxylic acids is 1. The van der Waals surface area contributed by atoms with Gasteiger partial charge in [0.2, 0.25) is 5.69 Å². The van der Waals surface area contributed by atoms with Gasteiger partial charge in [0.25, 0.3) is 0 Å². The first-order valence-electron chi connectivity index (χ1n) is 5.25. The summed E-state index contributed by atoms with van der Waals surface area (Å²) in [6.45, 7) is -3.80. The van der Waals surface area contributed by atoms with E-state index in [-0.39, 0.29) is 4.68 Å². The highest BCUT2D eigenvalue weighted by Gasteiger charge is 2.41. The number of hydrogen-bond donors (Lipinski definition) is 1. The smallest absolute Gasteiger partial charge is 0.435 e. The number of carboxylic acid groups (broad SMARTS) is 1.